The number of nitrogens with zero attached hydrogens (tertiary/aromatic N) is 1. The Labute approximate surface area is 334 Å². The van der Waals surface area contributed by atoms with Crippen LogP contribution in [0.25, 0.3) is 10.9 Å². The van der Waals surface area contributed by atoms with Gasteiger partial charge in [-0.3, -0.25) is 14.4 Å². The fourth-order valence-corrected chi connectivity index (χ4v) is 8.23. The summed E-state index contributed by atoms with van der Waals surface area (Å²) in [4.78, 5) is 72.2. The lowest BCUT2D eigenvalue weighted by Gasteiger charge is -2.37. The largest absolute Gasteiger partial charge is 0.466 e. The number of amides is 5. The number of carbonyl (C=O) groups excluding carboxylic acids is 5. The third-order valence-electron chi connectivity index (χ3n) is 10.6. The summed E-state index contributed by atoms with van der Waals surface area (Å²) < 4.78 is 11.1. The van der Waals surface area contributed by atoms with E-state index in [2.05, 4.69) is 45.9 Å². The van der Waals surface area contributed by atoms with Gasteiger partial charge in [0.05, 0.1) is 19.1 Å². The SMILES string of the molecule is Cc1ccccc1NC(=O)NCCCC[C@@H](CC(=O)OCC[Si](C)(C)C)NC(=O)[C@H]1Cc2c([nH]c3ccccc23)[C@@H]2C[C@@H](NC(=O)OCc3ccccc3)C(=O)N12. The zero-order valence-corrected chi connectivity index (χ0v) is 34.2. The van der Waals surface area contributed by atoms with Crippen molar-refractivity contribution in [1.29, 1.82) is 0 Å². The molecule has 302 valence electrons. The number of hydrogen-bond donors (Lipinski definition) is 5. The van der Waals surface area contributed by atoms with E-state index < -0.39 is 44.3 Å². The molecule has 14 heteroatoms. The molecule has 0 bridgehead atoms. The molecule has 2 aliphatic heterocycles. The molecule has 0 unspecified atom stereocenters. The predicted octanol–water partition coefficient (Wildman–Crippen LogP) is 6.72. The van der Waals surface area contributed by atoms with Crippen LogP contribution in [0.2, 0.25) is 25.7 Å². The summed E-state index contributed by atoms with van der Waals surface area (Å²) >= 11 is 0. The van der Waals surface area contributed by atoms with E-state index in [0.717, 1.165) is 45.0 Å². The van der Waals surface area contributed by atoms with Crippen LogP contribution in [0, 0.1) is 6.92 Å². The molecule has 4 atom stereocenters. The van der Waals surface area contributed by atoms with E-state index in [9.17, 15) is 24.0 Å². The molecule has 4 aromatic rings. The van der Waals surface area contributed by atoms with Crippen LogP contribution in [-0.2, 0) is 36.9 Å². The average molecular weight is 795 g/mol. The highest BCUT2D eigenvalue weighted by Gasteiger charge is 2.51. The second-order valence-electron chi connectivity index (χ2n) is 16.2. The van der Waals surface area contributed by atoms with Crippen LogP contribution in [-0.4, -0.2) is 79.1 Å². The Bertz CT molecular complexity index is 2070. The van der Waals surface area contributed by atoms with Gasteiger partial charge in [0, 0.05) is 55.8 Å². The van der Waals surface area contributed by atoms with Crippen molar-refractivity contribution in [3.8, 4) is 0 Å². The summed E-state index contributed by atoms with van der Waals surface area (Å²) in [5, 5.41) is 12.6. The van der Waals surface area contributed by atoms with Gasteiger partial charge in [-0.15, -0.1) is 0 Å². The number of H-pyrrole nitrogens is 1. The Morgan fingerprint density at radius 3 is 2.44 bits per heavy atom. The molecular weight excluding hydrogens is 741 g/mol. The first-order chi connectivity index (χ1) is 27.4. The van der Waals surface area contributed by atoms with Crippen LogP contribution in [0.15, 0.2) is 78.9 Å². The van der Waals surface area contributed by atoms with E-state index in [1.165, 1.54) is 0 Å². The van der Waals surface area contributed by atoms with Gasteiger partial charge in [-0.05, 0) is 61.1 Å². The number of fused-ring (bicyclic) bond motifs is 5. The summed E-state index contributed by atoms with van der Waals surface area (Å²) in [5.41, 5.74) is 5.20. The number of alkyl carbamates (subject to hydrolysis) is 1. The van der Waals surface area contributed by atoms with Gasteiger partial charge in [-0.1, -0.05) is 86.4 Å². The molecule has 0 saturated carbocycles. The van der Waals surface area contributed by atoms with E-state index in [1.807, 2.05) is 85.8 Å². The van der Waals surface area contributed by atoms with Crippen molar-refractivity contribution < 1.29 is 33.4 Å². The van der Waals surface area contributed by atoms with Crippen LogP contribution in [0.3, 0.4) is 0 Å². The van der Waals surface area contributed by atoms with Crippen molar-refractivity contribution in [3.63, 3.8) is 0 Å². The minimum absolute atomic E-state index is 0.0293. The number of aromatic nitrogens is 1. The number of nitrogens with one attached hydrogen (secondary N) is 5. The van der Waals surface area contributed by atoms with E-state index in [0.29, 0.717) is 32.4 Å². The molecule has 0 aliphatic carbocycles. The normalized spacial score (nSPS) is 17.9. The minimum atomic E-state index is -1.44. The van der Waals surface area contributed by atoms with Crippen LogP contribution < -0.4 is 21.3 Å². The Balaban J connectivity index is 1.14. The van der Waals surface area contributed by atoms with E-state index in [-0.39, 0.29) is 43.7 Å². The van der Waals surface area contributed by atoms with Gasteiger partial charge in [-0.2, -0.15) is 0 Å². The van der Waals surface area contributed by atoms with Crippen molar-refractivity contribution in [2.45, 2.75) is 102 Å². The Morgan fingerprint density at radius 1 is 0.930 bits per heavy atom. The van der Waals surface area contributed by atoms with Crippen molar-refractivity contribution in [2.75, 3.05) is 18.5 Å². The number of benzene rings is 3. The standard InChI is InChI=1S/C43H54N6O7Si/c1-28-14-8-10-19-33(28)47-42(53)44-21-13-12-17-30(24-38(50)55-22-23-57(2,3)4)45-40(51)37-25-32-31-18-9-11-20-34(31)46-39(32)36-26-35(41(52)49(36)37)48-43(54)56-27-29-15-6-5-7-16-29/h5-11,14-16,18-20,30,35-37,46H,12-13,17,21-27H2,1-4H3,(H,45,51)(H,48,54)(H2,44,47,53)/t30-,35+,36-,37+/m0/s1. The van der Waals surface area contributed by atoms with Gasteiger partial charge >= 0.3 is 18.1 Å². The number of urea groups is 1. The summed E-state index contributed by atoms with van der Waals surface area (Å²) in [6.07, 6.45) is 1.43. The van der Waals surface area contributed by atoms with Crippen molar-refractivity contribution in [1.82, 2.24) is 25.8 Å². The molecule has 3 heterocycles. The number of ether oxygens (including phenoxy) is 2. The Morgan fingerprint density at radius 2 is 1.67 bits per heavy atom. The molecule has 0 radical (unpaired) electrons. The van der Waals surface area contributed by atoms with Crippen molar-refractivity contribution >= 4 is 54.6 Å². The summed E-state index contributed by atoms with van der Waals surface area (Å²) in [5.74, 6) is -1.16. The van der Waals surface area contributed by atoms with Gasteiger partial charge in [-0.25, -0.2) is 9.59 Å². The molecule has 13 nitrogen and oxygen atoms in total. The quantitative estimate of drug-likeness (QED) is 0.0476. The first kappa shape index (κ1) is 41.0. The lowest BCUT2D eigenvalue weighted by Crippen LogP contribution is -2.55. The predicted molar refractivity (Wildman–Crippen MR) is 221 cm³/mol. The number of hydrogen-bond acceptors (Lipinski definition) is 7. The molecule has 1 saturated heterocycles. The smallest absolute Gasteiger partial charge is 0.408 e. The average Bonchev–Trinajstić information content (AvgIpc) is 3.71. The van der Waals surface area contributed by atoms with Gasteiger partial charge in [0.1, 0.15) is 18.7 Å². The lowest BCUT2D eigenvalue weighted by atomic mass is 9.91. The maximum absolute atomic E-state index is 14.4. The zero-order chi connectivity index (χ0) is 40.5. The second-order valence-corrected chi connectivity index (χ2v) is 21.8. The van der Waals surface area contributed by atoms with Gasteiger partial charge in [0.15, 0.2) is 0 Å². The number of rotatable bonds is 16. The molecule has 5 N–H and O–H groups in total. The monoisotopic (exact) mass is 794 g/mol. The van der Waals surface area contributed by atoms with E-state index in [1.54, 1.807) is 4.90 Å². The highest BCUT2D eigenvalue weighted by Crippen LogP contribution is 2.43. The summed E-state index contributed by atoms with van der Waals surface area (Å²) in [6, 6.07) is 22.3. The summed E-state index contributed by atoms with van der Waals surface area (Å²) in [7, 11) is -1.44. The second kappa shape index (κ2) is 18.5. The highest BCUT2D eigenvalue weighted by molar-refractivity contribution is 6.76. The topological polar surface area (TPSA) is 171 Å². The number of anilines is 1. The number of unbranched alkanes of at least 4 members (excludes halogenated alkanes) is 1. The Hall–Kier alpha value is -5.63. The molecule has 2 aliphatic rings. The number of carbonyl (C=O) groups is 5. The third kappa shape index (κ3) is 10.8. The van der Waals surface area contributed by atoms with E-state index in [4.69, 9.17) is 9.47 Å². The molecule has 1 fully saturated rings. The van der Waals surface area contributed by atoms with Crippen LogP contribution >= 0.6 is 0 Å². The van der Waals surface area contributed by atoms with Gasteiger partial charge < -0.3 is 40.6 Å². The number of aryl methyl sites for hydroxylation is 1. The van der Waals surface area contributed by atoms with Gasteiger partial charge in [0.2, 0.25) is 11.8 Å². The van der Waals surface area contributed by atoms with Crippen molar-refractivity contribution in [3.05, 3.63) is 101 Å². The number of aromatic amines is 1. The van der Waals surface area contributed by atoms with Crippen LogP contribution in [0.5, 0.6) is 0 Å². The fraction of sp³-hybridized carbons (Fsp3) is 0.419. The van der Waals surface area contributed by atoms with Crippen LogP contribution in [0.4, 0.5) is 15.3 Å². The number of esters is 1. The third-order valence-corrected chi connectivity index (χ3v) is 12.3. The molecule has 1 aromatic heterocycles. The minimum Gasteiger partial charge on any atom is -0.466 e. The van der Waals surface area contributed by atoms with Crippen molar-refractivity contribution in [2.24, 2.45) is 0 Å². The molecule has 5 amide bonds. The maximum atomic E-state index is 14.4. The molecule has 0 spiro atoms. The van der Waals surface area contributed by atoms with E-state index >= 15 is 0 Å². The molecule has 3 aromatic carbocycles. The lowest BCUT2D eigenvalue weighted by molar-refractivity contribution is -0.145. The van der Waals surface area contributed by atoms with Gasteiger partial charge in [0.25, 0.3) is 0 Å². The van der Waals surface area contributed by atoms with Crippen LogP contribution in [0.1, 0.15) is 60.5 Å². The number of para-hydroxylation sites is 2. The fourth-order valence-electron chi connectivity index (χ4n) is 7.51. The zero-order valence-electron chi connectivity index (χ0n) is 33.2. The molecule has 6 rings (SSSR count). The highest BCUT2D eigenvalue weighted by atomic mass is 28.3. The first-order valence-corrected chi connectivity index (χ1v) is 23.5. The molecule has 57 heavy (non-hydrogen) atoms. The molecular formula is C43H54N6O7Si. The Kier molecular flexibility index (Phi) is 13.3. The maximum Gasteiger partial charge on any atom is 0.408 e. The summed E-state index contributed by atoms with van der Waals surface area (Å²) in [6.45, 7) is 9.34. The first-order valence-electron chi connectivity index (χ1n) is 19.8.